The molecular formula is C11H15F2NO2. The first-order chi connectivity index (χ1) is 7.29. The number of rotatable bonds is 3. The first-order valence-corrected chi connectivity index (χ1v) is 4.87. The molecule has 0 radical (unpaired) electrons. The molecule has 90 valence electrons. The first-order valence-electron chi connectivity index (χ1n) is 4.87. The fourth-order valence-corrected chi connectivity index (χ4v) is 1.06. The van der Waals surface area contributed by atoms with Gasteiger partial charge in [-0.05, 0) is 38.5 Å². The zero-order valence-corrected chi connectivity index (χ0v) is 9.47. The molecule has 1 aromatic rings. The van der Waals surface area contributed by atoms with Crippen molar-refractivity contribution in [1.82, 2.24) is 5.48 Å². The summed E-state index contributed by atoms with van der Waals surface area (Å²) in [5.74, 6) is -2.92. The van der Waals surface area contributed by atoms with Crippen LogP contribution in [0.2, 0.25) is 0 Å². The van der Waals surface area contributed by atoms with Crippen LogP contribution in [0.4, 0.5) is 8.78 Å². The Kier molecular flexibility index (Phi) is 3.83. The Balaban J connectivity index is 2.62. The van der Waals surface area contributed by atoms with Crippen LogP contribution >= 0.6 is 0 Å². The fraction of sp³-hybridized carbons (Fsp3) is 0.455. The molecule has 2 N–H and O–H groups in total. The van der Waals surface area contributed by atoms with Gasteiger partial charge in [0.1, 0.15) is 0 Å². The molecule has 0 unspecified atom stereocenters. The Bertz CT molecular complexity index is 352. The predicted molar refractivity (Wildman–Crippen MR) is 55.7 cm³/mol. The number of halogens is 2. The van der Waals surface area contributed by atoms with E-state index in [1.807, 2.05) is 20.8 Å². The van der Waals surface area contributed by atoms with E-state index in [0.29, 0.717) is 5.56 Å². The van der Waals surface area contributed by atoms with Gasteiger partial charge >= 0.3 is 0 Å². The average Bonchev–Trinajstić information content (AvgIpc) is 2.12. The van der Waals surface area contributed by atoms with Crippen molar-refractivity contribution < 1.29 is 18.7 Å². The maximum atomic E-state index is 12.9. The number of nitrogens with one attached hydrogen (secondary N) is 1. The van der Waals surface area contributed by atoms with Crippen molar-refractivity contribution >= 4 is 0 Å². The second-order valence-electron chi connectivity index (χ2n) is 4.44. The smallest absolute Gasteiger partial charge is 0.187 e. The van der Waals surface area contributed by atoms with Gasteiger partial charge in [0.25, 0.3) is 0 Å². The van der Waals surface area contributed by atoms with Crippen molar-refractivity contribution in [2.45, 2.75) is 32.9 Å². The third-order valence-electron chi connectivity index (χ3n) is 1.73. The topological polar surface area (TPSA) is 41.5 Å². The highest BCUT2D eigenvalue weighted by atomic mass is 19.1. The summed E-state index contributed by atoms with van der Waals surface area (Å²) >= 11 is 0. The minimum Gasteiger partial charge on any atom is -0.503 e. The lowest BCUT2D eigenvalue weighted by Gasteiger charge is -2.19. The average molecular weight is 231 g/mol. The van der Waals surface area contributed by atoms with Crippen molar-refractivity contribution in [3.63, 3.8) is 0 Å². The van der Waals surface area contributed by atoms with Gasteiger partial charge in [0.15, 0.2) is 17.4 Å². The third-order valence-corrected chi connectivity index (χ3v) is 1.73. The molecule has 0 amide bonds. The minimum atomic E-state index is -0.979. The molecule has 0 aromatic heterocycles. The van der Waals surface area contributed by atoms with E-state index >= 15 is 0 Å². The number of aromatic hydroxyl groups is 1. The minimum absolute atomic E-state index is 0.158. The van der Waals surface area contributed by atoms with Gasteiger partial charge in [0, 0.05) is 6.54 Å². The molecule has 0 aliphatic rings. The predicted octanol–water partition coefficient (Wildman–Crippen LogP) is 2.49. The first kappa shape index (κ1) is 12.9. The van der Waals surface area contributed by atoms with Crippen LogP contribution in [0.15, 0.2) is 12.1 Å². The number of hydroxylamine groups is 1. The molecule has 0 aliphatic carbocycles. The van der Waals surface area contributed by atoms with Crippen molar-refractivity contribution in [3.05, 3.63) is 29.3 Å². The molecule has 3 nitrogen and oxygen atoms in total. The summed E-state index contributed by atoms with van der Waals surface area (Å²) < 4.78 is 25.9. The van der Waals surface area contributed by atoms with E-state index in [4.69, 9.17) is 9.94 Å². The third kappa shape index (κ3) is 3.75. The normalized spacial score (nSPS) is 11.8. The van der Waals surface area contributed by atoms with Crippen molar-refractivity contribution in [1.29, 1.82) is 0 Å². The molecule has 0 spiro atoms. The van der Waals surface area contributed by atoms with Crippen LogP contribution in [0.25, 0.3) is 0 Å². The van der Waals surface area contributed by atoms with Gasteiger partial charge in [0.05, 0.1) is 5.60 Å². The number of hydrogen-bond acceptors (Lipinski definition) is 3. The molecule has 0 fully saturated rings. The van der Waals surface area contributed by atoms with E-state index in [2.05, 4.69) is 5.48 Å². The lowest BCUT2D eigenvalue weighted by molar-refractivity contribution is -0.0758. The van der Waals surface area contributed by atoms with Gasteiger partial charge in [-0.15, -0.1) is 0 Å². The molecule has 0 saturated heterocycles. The Labute approximate surface area is 93.0 Å². The van der Waals surface area contributed by atoms with Crippen LogP contribution in [-0.4, -0.2) is 10.7 Å². The fourth-order valence-electron chi connectivity index (χ4n) is 1.06. The molecular weight excluding hydrogens is 216 g/mol. The zero-order chi connectivity index (χ0) is 12.3. The summed E-state index contributed by atoms with van der Waals surface area (Å²) in [7, 11) is 0. The van der Waals surface area contributed by atoms with E-state index in [0.717, 1.165) is 12.1 Å². The molecule has 0 saturated carbocycles. The molecule has 1 rings (SSSR count). The van der Waals surface area contributed by atoms with E-state index in [1.54, 1.807) is 0 Å². The summed E-state index contributed by atoms with van der Waals surface area (Å²) in [4.78, 5) is 5.19. The Morgan fingerprint density at radius 3 is 2.19 bits per heavy atom. The lowest BCUT2D eigenvalue weighted by Crippen LogP contribution is -2.28. The van der Waals surface area contributed by atoms with Crippen LogP contribution in [-0.2, 0) is 11.4 Å². The molecule has 0 aliphatic heterocycles. The van der Waals surface area contributed by atoms with Crippen molar-refractivity contribution in [2.24, 2.45) is 0 Å². The van der Waals surface area contributed by atoms with Crippen LogP contribution in [0, 0.1) is 11.6 Å². The molecule has 1 aromatic carbocycles. The standard InChI is InChI=1S/C11H15F2NO2/c1-11(2,3)16-14-6-7-4-8(12)10(15)9(13)5-7/h4-5,14-15H,6H2,1-3H3. The molecule has 5 heteroatoms. The SMILES string of the molecule is CC(C)(C)ONCc1cc(F)c(O)c(F)c1. The summed E-state index contributed by atoms with van der Waals surface area (Å²) in [6.45, 7) is 5.69. The molecule has 0 heterocycles. The number of phenolic OH excluding ortho intramolecular Hbond substituents is 1. The largest absolute Gasteiger partial charge is 0.503 e. The Morgan fingerprint density at radius 2 is 1.75 bits per heavy atom. The number of phenols is 1. The Morgan fingerprint density at radius 1 is 1.25 bits per heavy atom. The number of benzene rings is 1. The van der Waals surface area contributed by atoms with E-state index in [-0.39, 0.29) is 12.1 Å². The summed E-state index contributed by atoms with van der Waals surface area (Å²) in [5.41, 5.74) is 2.58. The quantitative estimate of drug-likeness (QED) is 0.785. The van der Waals surface area contributed by atoms with Gasteiger partial charge in [-0.1, -0.05) is 0 Å². The zero-order valence-electron chi connectivity index (χ0n) is 9.47. The molecule has 0 atom stereocenters. The highest BCUT2D eigenvalue weighted by Gasteiger charge is 2.12. The van der Waals surface area contributed by atoms with Gasteiger partial charge < -0.3 is 5.11 Å². The highest BCUT2D eigenvalue weighted by molar-refractivity contribution is 5.29. The van der Waals surface area contributed by atoms with Crippen LogP contribution < -0.4 is 5.48 Å². The van der Waals surface area contributed by atoms with E-state index in [1.165, 1.54) is 0 Å². The van der Waals surface area contributed by atoms with Gasteiger partial charge in [-0.3, -0.25) is 4.84 Å². The summed E-state index contributed by atoms with van der Waals surface area (Å²) in [6, 6.07) is 2.11. The summed E-state index contributed by atoms with van der Waals surface area (Å²) in [5, 5.41) is 8.88. The van der Waals surface area contributed by atoms with Gasteiger partial charge in [-0.25, -0.2) is 8.78 Å². The van der Waals surface area contributed by atoms with Gasteiger partial charge in [0.2, 0.25) is 0 Å². The monoisotopic (exact) mass is 231 g/mol. The molecule has 0 bridgehead atoms. The maximum Gasteiger partial charge on any atom is 0.187 e. The molecule has 16 heavy (non-hydrogen) atoms. The van der Waals surface area contributed by atoms with E-state index < -0.39 is 17.4 Å². The van der Waals surface area contributed by atoms with Crippen LogP contribution in [0.1, 0.15) is 26.3 Å². The number of hydrogen-bond donors (Lipinski definition) is 2. The Hall–Kier alpha value is -1.20. The lowest BCUT2D eigenvalue weighted by atomic mass is 10.2. The summed E-state index contributed by atoms with van der Waals surface area (Å²) in [6.07, 6.45) is 0. The maximum absolute atomic E-state index is 12.9. The van der Waals surface area contributed by atoms with Crippen molar-refractivity contribution in [3.8, 4) is 5.75 Å². The second-order valence-corrected chi connectivity index (χ2v) is 4.44. The second kappa shape index (κ2) is 4.76. The van der Waals surface area contributed by atoms with Gasteiger partial charge in [-0.2, -0.15) is 5.48 Å². The highest BCUT2D eigenvalue weighted by Crippen LogP contribution is 2.21. The van der Waals surface area contributed by atoms with Crippen LogP contribution in [0.5, 0.6) is 5.75 Å². The van der Waals surface area contributed by atoms with Crippen molar-refractivity contribution in [2.75, 3.05) is 0 Å². The van der Waals surface area contributed by atoms with Crippen LogP contribution in [0.3, 0.4) is 0 Å². The van der Waals surface area contributed by atoms with E-state index in [9.17, 15) is 8.78 Å².